The van der Waals surface area contributed by atoms with Crippen LogP contribution in [-0.2, 0) is 9.84 Å². The summed E-state index contributed by atoms with van der Waals surface area (Å²) in [6.07, 6.45) is 1.70. The van der Waals surface area contributed by atoms with Gasteiger partial charge in [0.15, 0.2) is 14.9 Å². The standard InChI is InChI=1S/C12H13N3O2S2/c16-19(17)7-10-11(8-19)15(12(18)14-10)13-6-9-4-2-1-3-5-9/h1-6,10-11H,7-8H2,(H,14,18)/b13-6-/t10-,11+/m1/s1. The minimum atomic E-state index is -2.98. The molecule has 2 aliphatic heterocycles. The van der Waals surface area contributed by atoms with E-state index in [-0.39, 0.29) is 23.6 Å². The molecule has 7 heteroatoms. The molecule has 0 amide bonds. The van der Waals surface area contributed by atoms with Gasteiger partial charge >= 0.3 is 0 Å². The van der Waals surface area contributed by atoms with E-state index in [1.807, 2.05) is 30.3 Å². The smallest absolute Gasteiger partial charge is 0.190 e. The van der Waals surface area contributed by atoms with Crippen LogP contribution >= 0.6 is 12.2 Å². The van der Waals surface area contributed by atoms with Crippen LogP contribution in [-0.4, -0.2) is 48.3 Å². The normalized spacial score (nSPS) is 28.6. The van der Waals surface area contributed by atoms with Crippen molar-refractivity contribution in [1.82, 2.24) is 10.3 Å². The number of benzene rings is 1. The molecule has 2 atom stereocenters. The lowest BCUT2D eigenvalue weighted by atomic mass is 10.2. The van der Waals surface area contributed by atoms with E-state index >= 15 is 0 Å². The zero-order valence-electron chi connectivity index (χ0n) is 10.1. The Morgan fingerprint density at radius 2 is 2.05 bits per heavy atom. The SMILES string of the molecule is O=S1(=O)C[C@H]2NC(=S)N(/N=C\c3ccccc3)[C@H]2C1. The Bertz CT molecular complexity index is 628. The highest BCUT2D eigenvalue weighted by Gasteiger charge is 2.47. The molecule has 1 N–H and O–H groups in total. The molecule has 2 heterocycles. The van der Waals surface area contributed by atoms with Crippen LogP contribution in [0.2, 0.25) is 0 Å². The summed E-state index contributed by atoms with van der Waals surface area (Å²) >= 11 is 5.19. The van der Waals surface area contributed by atoms with Gasteiger partial charge in [0.05, 0.1) is 29.8 Å². The molecule has 0 aliphatic carbocycles. The van der Waals surface area contributed by atoms with Crippen LogP contribution in [0, 0.1) is 0 Å². The van der Waals surface area contributed by atoms with Gasteiger partial charge in [0.2, 0.25) is 0 Å². The van der Waals surface area contributed by atoms with Crippen molar-refractivity contribution in [2.24, 2.45) is 5.10 Å². The molecular weight excluding hydrogens is 282 g/mol. The van der Waals surface area contributed by atoms with Crippen LogP contribution in [0.25, 0.3) is 0 Å². The van der Waals surface area contributed by atoms with Gasteiger partial charge in [-0.2, -0.15) is 5.10 Å². The molecule has 3 rings (SSSR count). The number of hydrazone groups is 1. The first-order valence-corrected chi connectivity index (χ1v) is 8.17. The second-order valence-electron chi connectivity index (χ2n) is 4.70. The number of hydrogen-bond acceptors (Lipinski definition) is 4. The van der Waals surface area contributed by atoms with Gasteiger partial charge in [-0.05, 0) is 17.8 Å². The average molecular weight is 295 g/mol. The number of nitrogens with one attached hydrogen (secondary N) is 1. The molecule has 2 aliphatic rings. The predicted molar refractivity (Wildman–Crippen MR) is 77.8 cm³/mol. The molecular formula is C12H13N3O2S2. The molecule has 0 unspecified atom stereocenters. The van der Waals surface area contributed by atoms with Gasteiger partial charge < -0.3 is 5.32 Å². The highest BCUT2D eigenvalue weighted by atomic mass is 32.2. The van der Waals surface area contributed by atoms with E-state index in [4.69, 9.17) is 12.2 Å². The van der Waals surface area contributed by atoms with Gasteiger partial charge in [0.25, 0.3) is 0 Å². The summed E-state index contributed by atoms with van der Waals surface area (Å²) in [7, 11) is -2.98. The van der Waals surface area contributed by atoms with Crippen LogP contribution in [0.4, 0.5) is 0 Å². The first-order valence-electron chi connectivity index (χ1n) is 5.94. The summed E-state index contributed by atoms with van der Waals surface area (Å²) in [6.45, 7) is 0. The van der Waals surface area contributed by atoms with Gasteiger partial charge in [-0.1, -0.05) is 30.3 Å². The summed E-state index contributed by atoms with van der Waals surface area (Å²) < 4.78 is 23.2. The monoisotopic (exact) mass is 295 g/mol. The zero-order chi connectivity index (χ0) is 13.5. The fourth-order valence-electron chi connectivity index (χ4n) is 2.39. The van der Waals surface area contributed by atoms with Crippen molar-refractivity contribution in [3.05, 3.63) is 35.9 Å². The van der Waals surface area contributed by atoms with Crippen LogP contribution < -0.4 is 5.32 Å². The summed E-state index contributed by atoms with van der Waals surface area (Å²) in [5.41, 5.74) is 0.953. The number of rotatable bonds is 2. The Hall–Kier alpha value is -1.47. The Morgan fingerprint density at radius 1 is 1.32 bits per heavy atom. The molecule has 0 spiro atoms. The summed E-state index contributed by atoms with van der Waals surface area (Å²) in [5.74, 6) is 0.242. The summed E-state index contributed by atoms with van der Waals surface area (Å²) in [6, 6.07) is 9.31. The lowest BCUT2D eigenvalue weighted by molar-refractivity contribution is 0.374. The van der Waals surface area contributed by atoms with E-state index in [1.54, 1.807) is 11.2 Å². The number of fused-ring (bicyclic) bond motifs is 1. The third-order valence-corrected chi connectivity index (χ3v) is 5.31. The largest absolute Gasteiger partial charge is 0.355 e. The highest BCUT2D eigenvalue weighted by Crippen LogP contribution is 2.24. The van der Waals surface area contributed by atoms with E-state index < -0.39 is 9.84 Å². The van der Waals surface area contributed by atoms with E-state index in [0.717, 1.165) is 5.56 Å². The van der Waals surface area contributed by atoms with Crippen LogP contribution in [0.1, 0.15) is 5.56 Å². The number of thiocarbonyl (C=S) groups is 1. The molecule has 2 saturated heterocycles. The van der Waals surface area contributed by atoms with Crippen molar-refractivity contribution in [2.45, 2.75) is 12.1 Å². The Labute approximate surface area is 117 Å². The van der Waals surface area contributed by atoms with E-state index in [0.29, 0.717) is 5.11 Å². The van der Waals surface area contributed by atoms with Crippen molar-refractivity contribution >= 4 is 33.4 Å². The van der Waals surface area contributed by atoms with E-state index in [9.17, 15) is 8.42 Å². The topological polar surface area (TPSA) is 61.8 Å². The molecule has 0 aromatic heterocycles. The summed E-state index contributed by atoms with van der Waals surface area (Å²) in [4.78, 5) is 0. The van der Waals surface area contributed by atoms with Crippen LogP contribution in [0.5, 0.6) is 0 Å². The van der Waals surface area contributed by atoms with Gasteiger partial charge in [-0.15, -0.1) is 0 Å². The quantitative estimate of drug-likeness (QED) is 0.631. The fraction of sp³-hybridized carbons (Fsp3) is 0.333. The average Bonchev–Trinajstić information content (AvgIpc) is 2.79. The van der Waals surface area contributed by atoms with Crippen LogP contribution in [0.3, 0.4) is 0 Å². The molecule has 5 nitrogen and oxygen atoms in total. The van der Waals surface area contributed by atoms with Crippen molar-refractivity contribution in [3.63, 3.8) is 0 Å². The maximum Gasteiger partial charge on any atom is 0.190 e. The van der Waals surface area contributed by atoms with Gasteiger partial charge in [-0.3, -0.25) is 0 Å². The molecule has 0 radical (unpaired) electrons. The van der Waals surface area contributed by atoms with Crippen molar-refractivity contribution < 1.29 is 8.42 Å². The Morgan fingerprint density at radius 3 is 2.79 bits per heavy atom. The lowest BCUT2D eigenvalue weighted by Gasteiger charge is -2.16. The second kappa shape index (κ2) is 4.57. The third-order valence-electron chi connectivity index (χ3n) is 3.28. The first-order chi connectivity index (χ1) is 9.05. The predicted octanol–water partition coefficient (Wildman–Crippen LogP) is 0.376. The van der Waals surface area contributed by atoms with E-state index in [1.165, 1.54) is 0 Å². The molecule has 1 aromatic carbocycles. The molecule has 0 saturated carbocycles. The second-order valence-corrected chi connectivity index (χ2v) is 7.24. The number of hydrogen-bond donors (Lipinski definition) is 1. The maximum absolute atomic E-state index is 11.6. The van der Waals surface area contributed by atoms with E-state index in [2.05, 4.69) is 10.4 Å². The molecule has 19 heavy (non-hydrogen) atoms. The van der Waals surface area contributed by atoms with Gasteiger partial charge in [0.1, 0.15) is 0 Å². The maximum atomic E-state index is 11.6. The van der Waals surface area contributed by atoms with Gasteiger partial charge in [-0.25, -0.2) is 13.4 Å². The first kappa shape index (κ1) is 12.6. The minimum absolute atomic E-state index is 0.108. The number of sulfone groups is 1. The summed E-state index contributed by atoms with van der Waals surface area (Å²) in [5, 5.41) is 9.45. The Kier molecular flexibility index (Phi) is 3.02. The van der Waals surface area contributed by atoms with Crippen LogP contribution in [0.15, 0.2) is 35.4 Å². The highest BCUT2D eigenvalue weighted by molar-refractivity contribution is 7.91. The molecule has 100 valence electrons. The third kappa shape index (κ3) is 2.48. The van der Waals surface area contributed by atoms with Crippen molar-refractivity contribution in [3.8, 4) is 0 Å². The molecule has 0 bridgehead atoms. The van der Waals surface area contributed by atoms with Crippen molar-refractivity contribution in [2.75, 3.05) is 11.5 Å². The fourth-order valence-corrected chi connectivity index (χ4v) is 4.61. The molecule has 2 fully saturated rings. The lowest BCUT2D eigenvalue weighted by Crippen LogP contribution is -2.32. The zero-order valence-corrected chi connectivity index (χ0v) is 11.7. The number of nitrogens with zero attached hydrogens (tertiary/aromatic N) is 2. The van der Waals surface area contributed by atoms with Gasteiger partial charge in [0, 0.05) is 0 Å². The minimum Gasteiger partial charge on any atom is -0.355 e. The van der Waals surface area contributed by atoms with Crippen molar-refractivity contribution in [1.29, 1.82) is 0 Å². The Balaban J connectivity index is 1.81. The molecule has 1 aromatic rings.